The van der Waals surface area contributed by atoms with Gasteiger partial charge in [0, 0.05) is 12.1 Å². The number of aliphatic hydroxyl groups excluding tert-OH is 1. The highest BCUT2D eigenvalue weighted by Crippen LogP contribution is 2.42. The third kappa shape index (κ3) is 1.20. The lowest BCUT2D eigenvalue weighted by Crippen LogP contribution is -2.22. The van der Waals surface area contributed by atoms with Crippen LogP contribution >= 0.6 is 12.4 Å². The van der Waals surface area contributed by atoms with Crippen molar-refractivity contribution in [2.45, 2.75) is 30.9 Å². The molecule has 0 bridgehead atoms. The van der Waals surface area contributed by atoms with Gasteiger partial charge in [-0.05, 0) is 19.3 Å². The molecule has 0 aromatic rings. The molecule has 0 radical (unpaired) electrons. The van der Waals surface area contributed by atoms with Crippen molar-refractivity contribution in [2.24, 2.45) is 0 Å². The van der Waals surface area contributed by atoms with Crippen molar-refractivity contribution in [3.63, 3.8) is 0 Å². The van der Waals surface area contributed by atoms with Crippen molar-refractivity contribution < 1.29 is 5.11 Å². The van der Waals surface area contributed by atoms with Crippen LogP contribution in [0.25, 0.3) is 0 Å². The summed E-state index contributed by atoms with van der Waals surface area (Å²) in [6.45, 7) is 0.819. The SMILES string of the molecule is Cl.OC1CNC2(CC2)C1. The summed E-state index contributed by atoms with van der Waals surface area (Å²) in [5.41, 5.74) is 0.416. The maximum Gasteiger partial charge on any atom is 0.0682 e. The lowest BCUT2D eigenvalue weighted by molar-refractivity contribution is 0.192. The first kappa shape index (κ1) is 7.32. The van der Waals surface area contributed by atoms with Crippen LogP contribution in [0.5, 0.6) is 0 Å². The summed E-state index contributed by atoms with van der Waals surface area (Å²) in [6, 6.07) is 0. The summed E-state index contributed by atoms with van der Waals surface area (Å²) in [4.78, 5) is 0. The third-order valence-electron chi connectivity index (χ3n) is 2.19. The van der Waals surface area contributed by atoms with Gasteiger partial charge in [0.25, 0.3) is 0 Å². The van der Waals surface area contributed by atoms with Crippen LogP contribution in [0.2, 0.25) is 0 Å². The molecule has 0 aromatic heterocycles. The summed E-state index contributed by atoms with van der Waals surface area (Å²) in [5.74, 6) is 0. The minimum atomic E-state index is -0.0579. The predicted molar refractivity (Wildman–Crippen MR) is 37.8 cm³/mol. The first-order valence-corrected chi connectivity index (χ1v) is 3.24. The van der Waals surface area contributed by atoms with Gasteiger partial charge in [-0.2, -0.15) is 0 Å². The molecule has 3 heteroatoms. The molecule has 54 valence electrons. The summed E-state index contributed by atoms with van der Waals surface area (Å²) < 4.78 is 0. The lowest BCUT2D eigenvalue weighted by atomic mass is 10.2. The van der Waals surface area contributed by atoms with Crippen molar-refractivity contribution in [2.75, 3.05) is 6.54 Å². The van der Waals surface area contributed by atoms with E-state index in [2.05, 4.69) is 5.32 Å². The van der Waals surface area contributed by atoms with E-state index in [1.165, 1.54) is 12.8 Å². The number of β-amino-alcohol motifs (C(OH)–C–C–N with tert-alkyl or cyclic N) is 1. The fourth-order valence-corrected chi connectivity index (χ4v) is 1.46. The summed E-state index contributed by atoms with van der Waals surface area (Å²) >= 11 is 0. The van der Waals surface area contributed by atoms with Crippen LogP contribution in [-0.4, -0.2) is 23.3 Å². The first-order valence-electron chi connectivity index (χ1n) is 3.24. The van der Waals surface area contributed by atoms with Gasteiger partial charge < -0.3 is 10.4 Å². The molecule has 1 unspecified atom stereocenters. The normalized spacial score (nSPS) is 36.3. The third-order valence-corrected chi connectivity index (χ3v) is 2.19. The molecule has 2 rings (SSSR count). The molecule has 0 amide bonds. The smallest absolute Gasteiger partial charge is 0.0682 e. The van der Waals surface area contributed by atoms with E-state index in [1.807, 2.05) is 0 Å². The van der Waals surface area contributed by atoms with E-state index in [4.69, 9.17) is 5.11 Å². The van der Waals surface area contributed by atoms with Crippen LogP contribution in [0.15, 0.2) is 0 Å². The fourth-order valence-electron chi connectivity index (χ4n) is 1.46. The van der Waals surface area contributed by atoms with Gasteiger partial charge in [0.05, 0.1) is 6.10 Å². The highest BCUT2D eigenvalue weighted by molar-refractivity contribution is 5.85. The summed E-state index contributed by atoms with van der Waals surface area (Å²) in [5, 5.41) is 12.3. The fraction of sp³-hybridized carbons (Fsp3) is 1.00. The van der Waals surface area contributed by atoms with Gasteiger partial charge in [0.1, 0.15) is 0 Å². The number of nitrogens with one attached hydrogen (secondary N) is 1. The Hall–Kier alpha value is 0.210. The highest BCUT2D eigenvalue weighted by Gasteiger charge is 2.47. The van der Waals surface area contributed by atoms with Crippen LogP contribution in [-0.2, 0) is 0 Å². The second-order valence-corrected chi connectivity index (χ2v) is 3.02. The minimum Gasteiger partial charge on any atom is -0.392 e. The van der Waals surface area contributed by atoms with Crippen LogP contribution in [0, 0.1) is 0 Å². The monoisotopic (exact) mass is 149 g/mol. The Kier molecular flexibility index (Phi) is 1.72. The summed E-state index contributed by atoms with van der Waals surface area (Å²) in [7, 11) is 0. The molecule has 2 fully saturated rings. The van der Waals surface area contributed by atoms with Crippen LogP contribution in [0.1, 0.15) is 19.3 Å². The largest absolute Gasteiger partial charge is 0.392 e. The van der Waals surface area contributed by atoms with Gasteiger partial charge in [-0.25, -0.2) is 0 Å². The van der Waals surface area contributed by atoms with Crippen LogP contribution in [0.3, 0.4) is 0 Å². The molecular weight excluding hydrogens is 138 g/mol. The standard InChI is InChI=1S/C6H11NO.ClH/c8-5-3-6(1-2-6)7-4-5;/h5,7-8H,1-4H2;1H. The zero-order valence-corrected chi connectivity index (χ0v) is 6.08. The number of halogens is 1. The average molecular weight is 150 g/mol. The quantitative estimate of drug-likeness (QED) is 0.519. The van der Waals surface area contributed by atoms with Gasteiger partial charge in [0.2, 0.25) is 0 Å². The molecule has 1 spiro atoms. The van der Waals surface area contributed by atoms with Gasteiger partial charge in [-0.15, -0.1) is 12.4 Å². The Morgan fingerprint density at radius 3 is 2.33 bits per heavy atom. The topological polar surface area (TPSA) is 32.3 Å². The zero-order valence-electron chi connectivity index (χ0n) is 5.26. The van der Waals surface area contributed by atoms with Crippen molar-refractivity contribution in [3.05, 3.63) is 0 Å². The number of rotatable bonds is 0. The van der Waals surface area contributed by atoms with E-state index >= 15 is 0 Å². The Morgan fingerprint density at radius 2 is 2.11 bits per heavy atom. The van der Waals surface area contributed by atoms with Crippen molar-refractivity contribution in [1.82, 2.24) is 5.32 Å². The van der Waals surface area contributed by atoms with E-state index < -0.39 is 0 Å². The molecule has 1 heterocycles. The maximum absolute atomic E-state index is 9.04. The van der Waals surface area contributed by atoms with Gasteiger partial charge in [-0.1, -0.05) is 0 Å². The molecule has 2 nitrogen and oxygen atoms in total. The highest BCUT2D eigenvalue weighted by atomic mass is 35.5. The number of hydrogen-bond acceptors (Lipinski definition) is 2. The van der Waals surface area contributed by atoms with E-state index in [0.29, 0.717) is 5.54 Å². The Labute approximate surface area is 61.0 Å². The molecule has 0 aromatic carbocycles. The van der Waals surface area contributed by atoms with Crippen molar-refractivity contribution in [1.29, 1.82) is 0 Å². The van der Waals surface area contributed by atoms with E-state index in [1.54, 1.807) is 0 Å². The second-order valence-electron chi connectivity index (χ2n) is 3.02. The first-order chi connectivity index (χ1) is 3.81. The van der Waals surface area contributed by atoms with E-state index in [-0.39, 0.29) is 18.5 Å². The molecule has 1 saturated carbocycles. The molecule has 2 aliphatic rings. The van der Waals surface area contributed by atoms with Gasteiger partial charge in [0.15, 0.2) is 0 Å². The van der Waals surface area contributed by atoms with Crippen LogP contribution < -0.4 is 5.32 Å². The maximum atomic E-state index is 9.04. The molecule has 1 saturated heterocycles. The van der Waals surface area contributed by atoms with Gasteiger partial charge in [-0.3, -0.25) is 0 Å². The summed E-state index contributed by atoms with van der Waals surface area (Å²) in [6.07, 6.45) is 3.50. The molecule has 1 aliphatic heterocycles. The van der Waals surface area contributed by atoms with Crippen molar-refractivity contribution in [3.8, 4) is 0 Å². The van der Waals surface area contributed by atoms with Crippen molar-refractivity contribution >= 4 is 12.4 Å². The molecule has 1 atom stereocenters. The van der Waals surface area contributed by atoms with E-state index in [0.717, 1.165) is 13.0 Å². The van der Waals surface area contributed by atoms with Gasteiger partial charge >= 0.3 is 0 Å². The zero-order chi connectivity index (χ0) is 5.61. The minimum absolute atomic E-state index is 0. The Morgan fingerprint density at radius 1 is 1.44 bits per heavy atom. The predicted octanol–water partition coefficient (Wildman–Crippen LogP) is 0.295. The van der Waals surface area contributed by atoms with Crippen LogP contribution in [0.4, 0.5) is 0 Å². The molecule has 2 N–H and O–H groups in total. The average Bonchev–Trinajstić information content (AvgIpc) is 2.34. The van der Waals surface area contributed by atoms with E-state index in [9.17, 15) is 0 Å². The lowest BCUT2D eigenvalue weighted by Gasteiger charge is -2.01. The Balaban J connectivity index is 0.000000405. The molecule has 9 heavy (non-hydrogen) atoms. The molecular formula is C6H12ClNO. The Bertz CT molecular complexity index is 114. The number of aliphatic hydroxyl groups is 1. The molecule has 1 aliphatic carbocycles. The second kappa shape index (κ2) is 2.11. The number of hydrogen-bond donors (Lipinski definition) is 2.